The van der Waals surface area contributed by atoms with Crippen LogP contribution in [0, 0.1) is 0 Å². The summed E-state index contributed by atoms with van der Waals surface area (Å²) in [6.07, 6.45) is 1.24. The van der Waals surface area contributed by atoms with Crippen molar-refractivity contribution in [3.05, 3.63) is 16.6 Å². The summed E-state index contributed by atoms with van der Waals surface area (Å²) in [5.74, 6) is -0.789. The predicted molar refractivity (Wildman–Crippen MR) is 35.6 cm³/mol. The molecule has 0 fully saturated rings. The largest absolute Gasteiger partial charge is 0.315 e. The normalized spacial score (nSPS) is 10.1. The van der Waals surface area contributed by atoms with Crippen molar-refractivity contribution in [1.29, 1.82) is 0 Å². The third-order valence-corrected chi connectivity index (χ3v) is 1.67. The van der Waals surface area contributed by atoms with Gasteiger partial charge < -0.3 is 0 Å². The van der Waals surface area contributed by atoms with Crippen LogP contribution in [0.3, 0.4) is 0 Å². The van der Waals surface area contributed by atoms with Crippen molar-refractivity contribution in [3.8, 4) is 0 Å². The number of rotatable bonds is 2. The lowest BCUT2D eigenvalue weighted by Gasteiger charge is -1.98. The van der Waals surface area contributed by atoms with E-state index < -0.39 is 12.5 Å². The number of hydrogen-bond acceptors (Lipinski definition) is 3. The molecule has 0 aliphatic rings. The lowest BCUT2D eigenvalue weighted by atomic mass is 10.5. The van der Waals surface area contributed by atoms with Crippen molar-refractivity contribution in [2.75, 3.05) is 0 Å². The van der Waals surface area contributed by atoms with Crippen molar-refractivity contribution < 1.29 is 13.6 Å². The number of nitrogens with zero attached hydrogens (tertiary/aromatic N) is 1. The van der Waals surface area contributed by atoms with Crippen LogP contribution in [-0.2, 0) is 0 Å². The van der Waals surface area contributed by atoms with E-state index in [1.54, 1.807) is 0 Å². The van der Waals surface area contributed by atoms with Crippen LogP contribution in [0.1, 0.15) is 9.67 Å². The molecule has 0 saturated carbocycles. The first-order valence-electron chi connectivity index (χ1n) is 2.67. The quantitative estimate of drug-likeness (QED) is 0.689. The number of carbonyl (C=O) groups excluding carboxylic acids is 1. The Balaban J connectivity index is 2.57. The summed E-state index contributed by atoms with van der Waals surface area (Å²) in [5.41, 5.74) is 1.40. The molecule has 1 rings (SSSR count). The van der Waals surface area contributed by atoms with Gasteiger partial charge in [0.1, 0.15) is 4.88 Å². The van der Waals surface area contributed by atoms with E-state index in [2.05, 4.69) is 4.98 Å². The Morgan fingerprint density at radius 1 is 1.73 bits per heavy atom. The van der Waals surface area contributed by atoms with Crippen molar-refractivity contribution in [1.82, 2.24) is 10.3 Å². The van der Waals surface area contributed by atoms with Crippen LogP contribution >= 0.6 is 11.3 Å². The molecule has 0 aliphatic carbocycles. The molecule has 0 bridgehead atoms. The highest BCUT2D eigenvalue weighted by Gasteiger charge is 2.11. The minimum Gasteiger partial charge on any atom is -0.295 e. The molecule has 1 N–H and O–H groups in total. The average Bonchev–Trinajstić information content (AvgIpc) is 2.35. The fraction of sp³-hybridized carbons (Fsp3) is 0.200. The van der Waals surface area contributed by atoms with Gasteiger partial charge in [0.25, 0.3) is 5.91 Å². The molecule has 3 nitrogen and oxygen atoms in total. The predicted octanol–water partition coefficient (Wildman–Crippen LogP) is 1.10. The van der Waals surface area contributed by atoms with Gasteiger partial charge in [-0.3, -0.25) is 15.1 Å². The van der Waals surface area contributed by atoms with E-state index in [1.807, 2.05) is 0 Å². The highest BCUT2D eigenvalue weighted by Crippen LogP contribution is 2.05. The molecule has 1 amide bonds. The lowest BCUT2D eigenvalue weighted by molar-refractivity contribution is 0.0703. The van der Waals surface area contributed by atoms with Gasteiger partial charge in [-0.25, -0.2) is 0 Å². The molecule has 1 heterocycles. The number of alkyl halides is 2. The Bertz CT molecular complexity index is 237. The maximum absolute atomic E-state index is 11.5. The average molecular weight is 178 g/mol. The molecule has 1 aromatic heterocycles. The summed E-state index contributed by atoms with van der Waals surface area (Å²) >= 11 is 1.02. The molecule has 0 radical (unpaired) electrons. The van der Waals surface area contributed by atoms with Crippen LogP contribution in [0.4, 0.5) is 8.78 Å². The van der Waals surface area contributed by atoms with Crippen LogP contribution in [0.5, 0.6) is 0 Å². The molecule has 0 saturated heterocycles. The Kier molecular flexibility index (Phi) is 2.48. The van der Waals surface area contributed by atoms with E-state index >= 15 is 0 Å². The molecule has 1 aromatic rings. The molecule has 0 unspecified atom stereocenters. The topological polar surface area (TPSA) is 42.0 Å². The van der Waals surface area contributed by atoms with Crippen LogP contribution < -0.4 is 5.32 Å². The maximum atomic E-state index is 11.5. The third kappa shape index (κ3) is 2.23. The summed E-state index contributed by atoms with van der Waals surface area (Å²) < 4.78 is 23.1. The fourth-order valence-corrected chi connectivity index (χ4v) is 1.02. The fourth-order valence-electron chi connectivity index (χ4n) is 0.498. The van der Waals surface area contributed by atoms with Gasteiger partial charge >= 0.3 is 6.55 Å². The summed E-state index contributed by atoms with van der Waals surface area (Å²) in [4.78, 5) is 14.4. The van der Waals surface area contributed by atoms with Gasteiger partial charge in [0.05, 0.1) is 11.7 Å². The SMILES string of the molecule is O=C(NC(F)F)c1cncs1. The van der Waals surface area contributed by atoms with E-state index in [1.165, 1.54) is 17.0 Å². The van der Waals surface area contributed by atoms with E-state index in [0.29, 0.717) is 0 Å². The monoisotopic (exact) mass is 178 g/mol. The first-order chi connectivity index (χ1) is 5.20. The Morgan fingerprint density at radius 3 is 2.91 bits per heavy atom. The number of thiazole rings is 1. The number of nitrogens with one attached hydrogen (secondary N) is 1. The third-order valence-electron chi connectivity index (χ3n) is 0.896. The van der Waals surface area contributed by atoms with E-state index in [-0.39, 0.29) is 4.88 Å². The van der Waals surface area contributed by atoms with Crippen molar-refractivity contribution in [3.63, 3.8) is 0 Å². The van der Waals surface area contributed by atoms with Crippen LogP contribution in [0.15, 0.2) is 11.7 Å². The van der Waals surface area contributed by atoms with Crippen molar-refractivity contribution >= 4 is 17.2 Å². The zero-order valence-electron chi connectivity index (χ0n) is 5.25. The molecular weight excluding hydrogens is 174 g/mol. The molecule has 60 valence electrons. The second-order valence-electron chi connectivity index (χ2n) is 1.64. The zero-order valence-corrected chi connectivity index (χ0v) is 6.07. The summed E-state index contributed by atoms with van der Waals surface area (Å²) in [6.45, 7) is -2.82. The molecule has 0 aliphatic heterocycles. The second kappa shape index (κ2) is 3.38. The zero-order chi connectivity index (χ0) is 8.27. The minimum atomic E-state index is -2.82. The summed E-state index contributed by atoms with van der Waals surface area (Å²) in [7, 11) is 0. The summed E-state index contributed by atoms with van der Waals surface area (Å²) in [6, 6.07) is 0. The van der Waals surface area contributed by atoms with Gasteiger partial charge in [-0.1, -0.05) is 0 Å². The van der Waals surface area contributed by atoms with Gasteiger partial charge in [-0.05, 0) is 0 Å². The van der Waals surface area contributed by atoms with Gasteiger partial charge in [0.2, 0.25) is 0 Å². The van der Waals surface area contributed by atoms with Gasteiger partial charge in [0.15, 0.2) is 0 Å². The van der Waals surface area contributed by atoms with E-state index in [9.17, 15) is 13.6 Å². The minimum absolute atomic E-state index is 0.185. The number of amides is 1. The lowest BCUT2D eigenvalue weighted by Crippen LogP contribution is -2.27. The molecule has 0 aromatic carbocycles. The maximum Gasteiger partial charge on any atom is 0.315 e. The summed E-state index contributed by atoms with van der Waals surface area (Å²) in [5, 5.41) is 1.44. The number of aromatic nitrogens is 1. The highest BCUT2D eigenvalue weighted by atomic mass is 32.1. The highest BCUT2D eigenvalue weighted by molar-refractivity contribution is 7.11. The van der Waals surface area contributed by atoms with E-state index in [0.717, 1.165) is 11.3 Å². The molecule has 11 heavy (non-hydrogen) atoms. The van der Waals surface area contributed by atoms with E-state index in [4.69, 9.17) is 0 Å². The number of hydrogen-bond donors (Lipinski definition) is 1. The first-order valence-corrected chi connectivity index (χ1v) is 3.55. The smallest absolute Gasteiger partial charge is 0.295 e. The van der Waals surface area contributed by atoms with Gasteiger partial charge in [-0.15, -0.1) is 11.3 Å². The molecule has 6 heteroatoms. The molecule has 0 spiro atoms. The molecular formula is C5H4F2N2OS. The van der Waals surface area contributed by atoms with Crippen LogP contribution in [0.2, 0.25) is 0 Å². The molecule has 0 atom stereocenters. The van der Waals surface area contributed by atoms with Crippen LogP contribution in [-0.4, -0.2) is 17.4 Å². The van der Waals surface area contributed by atoms with Gasteiger partial charge in [-0.2, -0.15) is 8.78 Å². The Labute approximate surface area is 65.1 Å². The van der Waals surface area contributed by atoms with Crippen molar-refractivity contribution in [2.45, 2.75) is 6.55 Å². The number of carbonyl (C=O) groups is 1. The Morgan fingerprint density at radius 2 is 2.45 bits per heavy atom. The second-order valence-corrected chi connectivity index (χ2v) is 2.53. The van der Waals surface area contributed by atoms with Gasteiger partial charge in [0, 0.05) is 0 Å². The van der Waals surface area contributed by atoms with Crippen LogP contribution in [0.25, 0.3) is 0 Å². The van der Waals surface area contributed by atoms with Crippen molar-refractivity contribution in [2.24, 2.45) is 0 Å². The Hall–Kier alpha value is -1.04. The standard InChI is InChI=1S/C5H4F2N2OS/c6-5(7)9-4(10)3-1-8-2-11-3/h1-2,5H,(H,9,10). The first kappa shape index (κ1) is 8.06. The number of halogens is 2.